The molecule has 0 aromatic heterocycles. The van der Waals surface area contributed by atoms with Gasteiger partial charge in [0.25, 0.3) is 0 Å². The zero-order chi connectivity index (χ0) is 52.2. The summed E-state index contributed by atoms with van der Waals surface area (Å²) in [5.41, 5.74) is 0. The first-order valence-corrected chi connectivity index (χ1v) is 38.4. The number of rotatable bonds is 12. The van der Waals surface area contributed by atoms with Gasteiger partial charge in [0.05, 0.1) is 0 Å². The van der Waals surface area contributed by atoms with Crippen LogP contribution < -0.4 is 10.7 Å². The number of carbonyl (C=O) groups is 9. The fourth-order valence-corrected chi connectivity index (χ4v) is 26.6. The Labute approximate surface area is 432 Å². The maximum absolute atomic E-state index is 12.2. The first-order chi connectivity index (χ1) is 34.5. The molecule has 0 unspecified atom stereocenters. The third-order valence-electron chi connectivity index (χ3n) is 10.6. The van der Waals surface area contributed by atoms with Gasteiger partial charge in [-0.15, -0.1) is 0 Å². The van der Waals surface area contributed by atoms with Crippen LogP contribution in [0, 0.1) is 0 Å². The predicted octanol–water partition coefficient (Wildman–Crippen LogP) is 4.12. The maximum atomic E-state index is 12.2. The van der Waals surface area contributed by atoms with Gasteiger partial charge in [-0.2, -0.15) is 0 Å². The Balaban J connectivity index is 0.000000234. The van der Waals surface area contributed by atoms with E-state index in [-0.39, 0.29) is 38.5 Å². The van der Waals surface area contributed by atoms with Gasteiger partial charge < -0.3 is 0 Å². The van der Waals surface area contributed by atoms with Crippen LogP contribution >= 0.6 is 0 Å². The number of carboxylic acid groups (broad SMARTS) is 3. The number of benzene rings is 3. The first kappa shape index (κ1) is 59.7. The zero-order valence-corrected chi connectivity index (χ0v) is 48.3. The van der Waals surface area contributed by atoms with E-state index >= 15 is 0 Å². The molecule has 3 fully saturated rings. The molecule has 3 aromatic carbocycles. The minimum absolute atomic E-state index is 0.194. The second-order valence-electron chi connectivity index (χ2n) is 16.4. The van der Waals surface area contributed by atoms with Gasteiger partial charge in [-0.3, -0.25) is 0 Å². The van der Waals surface area contributed by atoms with Crippen LogP contribution in [0.5, 0.6) is 0 Å². The van der Waals surface area contributed by atoms with E-state index in [1.54, 1.807) is 91.0 Å². The molecular weight excluding hydrogens is 1270 g/mol. The van der Waals surface area contributed by atoms with Crippen LogP contribution in [0.25, 0.3) is 0 Å². The number of hydrogen-bond acceptors (Lipinski definition) is 18. The summed E-state index contributed by atoms with van der Waals surface area (Å²) in [6.07, 6.45) is 10.0. The molecule has 0 spiro atoms. The number of aliphatic carboxylic acids is 3. The molecule has 0 amide bonds. The van der Waals surface area contributed by atoms with Gasteiger partial charge in [-0.25, -0.2) is 0 Å². The Bertz CT molecular complexity index is 1950. The Morgan fingerprint density at radius 2 is 0.514 bits per heavy atom. The van der Waals surface area contributed by atoms with Crippen molar-refractivity contribution in [2.45, 2.75) is 116 Å². The van der Waals surface area contributed by atoms with Crippen LogP contribution in [0.2, 0.25) is 0 Å². The first-order valence-electron chi connectivity index (χ1n) is 23.6. The van der Waals surface area contributed by atoms with Crippen LogP contribution in [0.15, 0.2) is 91.0 Å². The molecule has 3 heterocycles. The van der Waals surface area contributed by atoms with E-state index in [0.717, 1.165) is 38.5 Å². The summed E-state index contributed by atoms with van der Waals surface area (Å²) in [5, 5.41) is 26.8. The Morgan fingerprint density at radius 1 is 0.333 bits per heavy atom. The zero-order valence-electron chi connectivity index (χ0n) is 39.7. The Hall–Kier alpha value is -4.83. The van der Waals surface area contributed by atoms with Gasteiger partial charge in [0.15, 0.2) is 0 Å². The molecule has 3 aliphatic heterocycles. The molecule has 3 saturated heterocycles. The van der Waals surface area contributed by atoms with Crippen molar-refractivity contribution >= 4 is 123 Å². The summed E-state index contributed by atoms with van der Waals surface area (Å²) in [6.45, 7) is -2.07. The third-order valence-corrected chi connectivity index (χ3v) is 32.5. The van der Waals surface area contributed by atoms with E-state index in [0.29, 0.717) is 49.3 Å². The Morgan fingerprint density at radius 3 is 0.681 bits per heavy atom. The van der Waals surface area contributed by atoms with Gasteiger partial charge in [0.1, 0.15) is 0 Å². The topological polar surface area (TPSA) is 297 Å². The molecule has 0 aliphatic carbocycles. The molecule has 390 valence electrons. The summed E-state index contributed by atoms with van der Waals surface area (Å²) in [6, 6.07) is 25.3. The molecule has 0 radical (unpaired) electrons. The van der Waals surface area contributed by atoms with Gasteiger partial charge in [-0.1, -0.05) is 0 Å². The second kappa shape index (κ2) is 31.7. The third kappa shape index (κ3) is 21.3. The van der Waals surface area contributed by atoms with E-state index < -0.39 is 132 Å². The Kier molecular flexibility index (Phi) is 26.3. The molecule has 3 aliphatic rings. The van der Waals surface area contributed by atoms with Crippen molar-refractivity contribution < 1.29 is 86.1 Å². The van der Waals surface area contributed by atoms with E-state index in [4.69, 9.17) is 43.0 Å². The fourth-order valence-electron chi connectivity index (χ4n) is 7.12. The van der Waals surface area contributed by atoms with Crippen molar-refractivity contribution in [1.82, 2.24) is 0 Å². The second-order valence-corrected chi connectivity index (χ2v) is 36.8. The van der Waals surface area contributed by atoms with E-state index in [1.165, 1.54) is 0 Å². The fraction of sp³-hybridized carbons (Fsp3) is 0.438. The molecule has 3 aromatic rings. The van der Waals surface area contributed by atoms with Crippen LogP contribution in [-0.2, 0) is 70.8 Å². The van der Waals surface area contributed by atoms with Crippen LogP contribution in [0.3, 0.4) is 0 Å². The molecule has 21 nitrogen and oxygen atoms in total. The van der Waals surface area contributed by atoms with E-state index in [2.05, 4.69) is 0 Å². The van der Waals surface area contributed by atoms with Crippen molar-refractivity contribution in [3.63, 3.8) is 0 Å². The van der Waals surface area contributed by atoms with Crippen LogP contribution in [0.4, 0.5) is 0 Å². The molecule has 0 bridgehead atoms. The number of carbonyl (C=O) groups excluding carboxylic acids is 6. The molecule has 0 atom stereocenters. The monoisotopic (exact) mass is 1330 g/mol. The standard InChI is InChI=1S/3C8H14O4.3C6H5.3C2H3O3.3Sn/c3*9-7(10)5-3-1-2-4-6-8(11)12;3*1-2-4-6-5-3-1;3*3-1-2(4)5;;;/h3*1-6H2,(H,9,10)(H,11,12);3*1-5H;3*1H2,(H,4,5);;;/q;;;;;;3*-1;3*+3/p-6. The summed E-state index contributed by atoms with van der Waals surface area (Å²) in [4.78, 5) is 106. The average molecular weight is 1330 g/mol. The SMILES string of the molecule is O=C(O)C[O][Sn]1([c]2ccccc2)[O]C(=O)CCCCCCC(=O)[O]1.O=C(O)C[O][Sn]1([c]2ccccc2)[O]C(=O)CCCCCCC(=O)[O]1.O=C(O)C[O][Sn]1([c]2ccccc2)[O]C(=O)CCCCCCC(=O)[O]1. The summed E-state index contributed by atoms with van der Waals surface area (Å²) in [5.74, 6) is -6.77. The molecule has 6 rings (SSSR count). The summed E-state index contributed by atoms with van der Waals surface area (Å²) < 4.78 is 50.8. The van der Waals surface area contributed by atoms with Crippen molar-refractivity contribution in [2.75, 3.05) is 19.8 Å². The molecule has 72 heavy (non-hydrogen) atoms. The molecular formula is C48H60O21Sn3. The quantitative estimate of drug-likeness (QED) is 0.215. The van der Waals surface area contributed by atoms with Gasteiger partial charge >= 0.3 is 436 Å². The van der Waals surface area contributed by atoms with Crippen molar-refractivity contribution in [1.29, 1.82) is 0 Å². The predicted molar refractivity (Wildman–Crippen MR) is 256 cm³/mol. The van der Waals surface area contributed by atoms with Gasteiger partial charge in [0, 0.05) is 0 Å². The molecule has 3 N–H and O–H groups in total. The van der Waals surface area contributed by atoms with Gasteiger partial charge in [-0.05, 0) is 0 Å². The van der Waals surface area contributed by atoms with Gasteiger partial charge in [0.2, 0.25) is 0 Å². The molecule has 24 heteroatoms. The average Bonchev–Trinajstić information content (AvgIpc) is 3.43. The van der Waals surface area contributed by atoms with Crippen molar-refractivity contribution in [2.24, 2.45) is 0 Å². The number of hydrogen-bond donors (Lipinski definition) is 3. The summed E-state index contributed by atoms with van der Waals surface area (Å²) in [7, 11) is 0. The summed E-state index contributed by atoms with van der Waals surface area (Å²) >= 11 is -14.7. The normalized spacial score (nSPS) is 18.8. The minimum atomic E-state index is -4.91. The van der Waals surface area contributed by atoms with E-state index in [1.807, 2.05) is 0 Å². The van der Waals surface area contributed by atoms with E-state index in [9.17, 15) is 43.2 Å². The van der Waals surface area contributed by atoms with Crippen molar-refractivity contribution in [3.05, 3.63) is 91.0 Å². The number of carboxylic acids is 3. The molecule has 0 saturated carbocycles. The van der Waals surface area contributed by atoms with Crippen LogP contribution in [0.1, 0.15) is 116 Å². The van der Waals surface area contributed by atoms with Crippen molar-refractivity contribution in [3.8, 4) is 0 Å². The van der Waals surface area contributed by atoms with Crippen LogP contribution in [-0.4, -0.2) is 148 Å².